The van der Waals surface area contributed by atoms with Crippen LogP contribution in [0.2, 0.25) is 0 Å². The first-order valence-corrected chi connectivity index (χ1v) is 6.98. The van der Waals surface area contributed by atoms with Gasteiger partial charge in [-0.2, -0.15) is 13.2 Å². The predicted molar refractivity (Wildman–Crippen MR) is 72.5 cm³/mol. The molecule has 0 bridgehead atoms. The highest BCUT2D eigenvalue weighted by molar-refractivity contribution is 9.10. The van der Waals surface area contributed by atoms with Crippen molar-refractivity contribution in [2.75, 3.05) is 19.6 Å². The van der Waals surface area contributed by atoms with E-state index in [1.54, 1.807) is 4.90 Å². The number of amides is 1. The summed E-state index contributed by atoms with van der Waals surface area (Å²) >= 11 is 2.87. The average Bonchev–Trinajstić information content (AvgIpc) is 2.37. The molecule has 1 aromatic carbocycles. The van der Waals surface area contributed by atoms with Crippen molar-refractivity contribution in [3.63, 3.8) is 0 Å². The fourth-order valence-corrected chi connectivity index (χ4v) is 2.66. The molecular weight excluding hydrogens is 337 g/mol. The van der Waals surface area contributed by atoms with Gasteiger partial charge in [-0.1, -0.05) is 15.9 Å². The zero-order chi connectivity index (χ0) is 14.9. The number of carbonyl (C=O) groups is 1. The second kappa shape index (κ2) is 5.73. The molecule has 20 heavy (non-hydrogen) atoms. The largest absolute Gasteiger partial charge is 0.417 e. The van der Waals surface area contributed by atoms with E-state index in [-0.39, 0.29) is 22.0 Å². The summed E-state index contributed by atoms with van der Waals surface area (Å²) in [5, 5.41) is 3.13. The van der Waals surface area contributed by atoms with Crippen molar-refractivity contribution < 1.29 is 18.0 Å². The van der Waals surface area contributed by atoms with Crippen molar-refractivity contribution in [3.05, 3.63) is 33.8 Å². The molecule has 1 aliphatic heterocycles. The van der Waals surface area contributed by atoms with E-state index in [4.69, 9.17) is 0 Å². The van der Waals surface area contributed by atoms with Crippen LogP contribution in [0, 0.1) is 0 Å². The Bertz CT molecular complexity index is 519. The molecule has 1 aromatic rings. The van der Waals surface area contributed by atoms with E-state index in [2.05, 4.69) is 21.2 Å². The normalized spacial score (nSPS) is 20.1. The van der Waals surface area contributed by atoms with E-state index in [0.29, 0.717) is 19.6 Å². The van der Waals surface area contributed by atoms with Crippen LogP contribution in [0.1, 0.15) is 22.8 Å². The van der Waals surface area contributed by atoms with E-state index in [1.165, 1.54) is 12.1 Å². The van der Waals surface area contributed by atoms with Gasteiger partial charge >= 0.3 is 6.18 Å². The van der Waals surface area contributed by atoms with Gasteiger partial charge in [-0.15, -0.1) is 0 Å². The summed E-state index contributed by atoms with van der Waals surface area (Å²) in [7, 11) is 0. The van der Waals surface area contributed by atoms with Crippen LogP contribution in [-0.4, -0.2) is 36.5 Å². The molecule has 0 aromatic heterocycles. The van der Waals surface area contributed by atoms with Gasteiger partial charge in [-0.05, 0) is 25.1 Å². The molecular formula is C13H14BrF3N2O. The third kappa shape index (κ3) is 3.15. The van der Waals surface area contributed by atoms with Crippen LogP contribution in [0.15, 0.2) is 22.7 Å². The Labute approximate surface area is 123 Å². The number of benzene rings is 1. The fraction of sp³-hybridized carbons (Fsp3) is 0.462. The molecule has 1 aliphatic rings. The summed E-state index contributed by atoms with van der Waals surface area (Å²) in [5.74, 6) is -0.364. The average molecular weight is 351 g/mol. The fourth-order valence-electron chi connectivity index (χ4n) is 2.18. The first kappa shape index (κ1) is 15.3. The van der Waals surface area contributed by atoms with Crippen LogP contribution in [0.5, 0.6) is 0 Å². The molecule has 0 spiro atoms. The van der Waals surface area contributed by atoms with Gasteiger partial charge < -0.3 is 10.2 Å². The lowest BCUT2D eigenvalue weighted by atomic mass is 10.1. The number of hydrogen-bond acceptors (Lipinski definition) is 2. The number of piperazine rings is 1. The topological polar surface area (TPSA) is 32.3 Å². The van der Waals surface area contributed by atoms with E-state index in [0.717, 1.165) is 6.07 Å². The summed E-state index contributed by atoms with van der Waals surface area (Å²) in [6.45, 7) is 3.66. The third-order valence-electron chi connectivity index (χ3n) is 3.28. The van der Waals surface area contributed by atoms with Crippen LogP contribution in [0.3, 0.4) is 0 Å². The van der Waals surface area contributed by atoms with Crippen LogP contribution in [-0.2, 0) is 6.18 Å². The van der Waals surface area contributed by atoms with Crippen LogP contribution in [0.4, 0.5) is 13.2 Å². The smallest absolute Gasteiger partial charge is 0.333 e. The molecule has 110 valence electrons. The van der Waals surface area contributed by atoms with Crippen molar-refractivity contribution >= 4 is 21.8 Å². The van der Waals surface area contributed by atoms with Crippen molar-refractivity contribution in [2.45, 2.75) is 19.1 Å². The molecule has 1 N–H and O–H groups in total. The molecule has 1 fully saturated rings. The van der Waals surface area contributed by atoms with Gasteiger partial charge in [0.25, 0.3) is 5.91 Å². The predicted octanol–water partition coefficient (Wildman–Crippen LogP) is 2.90. The van der Waals surface area contributed by atoms with Gasteiger partial charge in [0.2, 0.25) is 0 Å². The highest BCUT2D eigenvalue weighted by Crippen LogP contribution is 2.35. The Morgan fingerprint density at radius 1 is 1.45 bits per heavy atom. The van der Waals surface area contributed by atoms with Gasteiger partial charge in [-0.25, -0.2) is 0 Å². The maximum Gasteiger partial charge on any atom is 0.417 e. The van der Waals surface area contributed by atoms with Crippen molar-refractivity contribution in [3.8, 4) is 0 Å². The summed E-state index contributed by atoms with van der Waals surface area (Å²) in [4.78, 5) is 13.9. The van der Waals surface area contributed by atoms with Gasteiger partial charge in [0.05, 0.1) is 5.56 Å². The van der Waals surface area contributed by atoms with Crippen molar-refractivity contribution in [1.29, 1.82) is 0 Å². The van der Waals surface area contributed by atoms with E-state index in [1.807, 2.05) is 6.92 Å². The second-order valence-electron chi connectivity index (χ2n) is 4.74. The Morgan fingerprint density at radius 2 is 2.15 bits per heavy atom. The molecule has 7 heteroatoms. The number of carbonyl (C=O) groups excluding carboxylic acids is 1. The van der Waals surface area contributed by atoms with E-state index >= 15 is 0 Å². The molecule has 1 amide bonds. The maximum absolute atomic E-state index is 12.8. The minimum Gasteiger partial charge on any atom is -0.333 e. The number of halogens is 4. The Kier molecular flexibility index (Phi) is 4.39. The summed E-state index contributed by atoms with van der Waals surface area (Å²) in [5.41, 5.74) is -0.764. The molecule has 1 atom stereocenters. The van der Waals surface area contributed by atoms with E-state index < -0.39 is 11.7 Å². The molecule has 3 nitrogen and oxygen atoms in total. The minimum atomic E-state index is -4.48. The lowest BCUT2D eigenvalue weighted by molar-refractivity contribution is -0.138. The number of rotatable bonds is 1. The van der Waals surface area contributed by atoms with Crippen LogP contribution in [0.25, 0.3) is 0 Å². The molecule has 0 unspecified atom stereocenters. The molecule has 1 saturated heterocycles. The molecule has 2 rings (SSSR count). The molecule has 0 aliphatic carbocycles. The number of nitrogens with zero attached hydrogens (tertiary/aromatic N) is 1. The minimum absolute atomic E-state index is 0.0331. The monoisotopic (exact) mass is 350 g/mol. The maximum atomic E-state index is 12.8. The third-order valence-corrected chi connectivity index (χ3v) is 3.97. The van der Waals surface area contributed by atoms with Gasteiger partial charge in [0, 0.05) is 35.7 Å². The zero-order valence-corrected chi connectivity index (χ0v) is 12.4. The molecule has 1 heterocycles. The quantitative estimate of drug-likeness (QED) is 0.844. The van der Waals surface area contributed by atoms with Crippen LogP contribution >= 0.6 is 15.9 Å². The Morgan fingerprint density at radius 3 is 2.75 bits per heavy atom. The lowest BCUT2D eigenvalue weighted by Gasteiger charge is -2.34. The summed E-state index contributed by atoms with van der Waals surface area (Å²) in [6.07, 6.45) is -4.48. The second-order valence-corrected chi connectivity index (χ2v) is 5.60. The Balaban J connectivity index is 2.31. The molecule has 0 radical (unpaired) electrons. The standard InChI is InChI=1S/C13H14BrF3N2O/c1-8-7-18-4-5-19(8)12(20)9-2-3-11(14)10(6-9)13(15,16)17/h2-3,6,8,18H,4-5,7H2,1H3/t8-/m1/s1. The number of hydrogen-bond donors (Lipinski definition) is 1. The number of nitrogens with one attached hydrogen (secondary N) is 1. The Hall–Kier alpha value is -1.08. The van der Waals surface area contributed by atoms with Gasteiger partial charge in [-0.3, -0.25) is 4.79 Å². The van der Waals surface area contributed by atoms with Crippen molar-refractivity contribution in [2.24, 2.45) is 0 Å². The highest BCUT2D eigenvalue weighted by atomic mass is 79.9. The molecule has 0 saturated carbocycles. The van der Waals surface area contributed by atoms with Gasteiger partial charge in [0.15, 0.2) is 0 Å². The van der Waals surface area contributed by atoms with Gasteiger partial charge in [0.1, 0.15) is 0 Å². The summed E-state index contributed by atoms with van der Waals surface area (Å²) < 4.78 is 38.5. The zero-order valence-electron chi connectivity index (χ0n) is 10.8. The first-order valence-electron chi connectivity index (χ1n) is 6.19. The SMILES string of the molecule is C[C@@H]1CNCCN1C(=O)c1ccc(Br)c(C(F)(F)F)c1. The highest BCUT2D eigenvalue weighted by Gasteiger charge is 2.34. The van der Waals surface area contributed by atoms with E-state index in [9.17, 15) is 18.0 Å². The summed E-state index contributed by atoms with van der Waals surface area (Å²) in [6, 6.07) is 3.55. The lowest BCUT2D eigenvalue weighted by Crippen LogP contribution is -2.52. The van der Waals surface area contributed by atoms with Crippen LogP contribution < -0.4 is 5.32 Å². The van der Waals surface area contributed by atoms with Crippen molar-refractivity contribution in [1.82, 2.24) is 10.2 Å². The first-order chi connectivity index (χ1) is 9.30. The number of alkyl halides is 3.